The summed E-state index contributed by atoms with van der Waals surface area (Å²) in [7, 11) is 0. The molecule has 1 aliphatic rings. The minimum atomic E-state index is -0.362. The number of hydrogen-bond donors (Lipinski definition) is 1. The summed E-state index contributed by atoms with van der Waals surface area (Å²) in [6.07, 6.45) is 1.68. The molecule has 0 aliphatic carbocycles. The molecule has 32 heavy (non-hydrogen) atoms. The third kappa shape index (κ3) is 4.05. The van der Waals surface area contributed by atoms with Crippen LogP contribution in [0.1, 0.15) is 10.4 Å². The van der Waals surface area contributed by atoms with Gasteiger partial charge < -0.3 is 0 Å². The smallest absolute Gasteiger partial charge is 0.265 e. The maximum Gasteiger partial charge on any atom is 0.303 e. The molecule has 1 aliphatic heterocycles. The number of thiazole rings is 2. The summed E-state index contributed by atoms with van der Waals surface area (Å²) in [6.45, 7) is 0. The number of nitrogens with one attached hydrogen (secondary N) is 1. The maximum atomic E-state index is 13.3. The average molecular weight is 479 g/mol. The van der Waals surface area contributed by atoms with Crippen LogP contribution < -0.4 is 10.4 Å². The zero-order valence-electron chi connectivity index (χ0n) is 16.5. The minimum absolute atomic E-state index is 0.190. The quantitative estimate of drug-likeness (QED) is 0.304. The highest BCUT2D eigenvalue weighted by Crippen LogP contribution is 2.30. The zero-order valence-corrected chi connectivity index (χ0v) is 18.9. The third-order valence-corrected chi connectivity index (χ3v) is 6.72. The van der Waals surface area contributed by atoms with Crippen molar-refractivity contribution in [2.45, 2.75) is 5.88 Å². The highest BCUT2D eigenvalue weighted by molar-refractivity contribution is 7.15. The lowest BCUT2D eigenvalue weighted by atomic mass is 10.1. The van der Waals surface area contributed by atoms with Gasteiger partial charge >= 0.3 is 5.91 Å². The number of hydrogen-bond acceptors (Lipinski definition) is 8. The maximum absolute atomic E-state index is 13.3. The Morgan fingerprint density at radius 1 is 1.03 bits per heavy atom. The van der Waals surface area contributed by atoms with E-state index < -0.39 is 0 Å². The summed E-state index contributed by atoms with van der Waals surface area (Å²) in [4.78, 5) is 23.0. The van der Waals surface area contributed by atoms with Crippen molar-refractivity contribution in [3.8, 4) is 11.3 Å². The van der Waals surface area contributed by atoms with Crippen molar-refractivity contribution >= 4 is 61.9 Å². The van der Waals surface area contributed by atoms with E-state index in [2.05, 4.69) is 25.6 Å². The normalized spacial score (nSPS) is 14.8. The van der Waals surface area contributed by atoms with E-state index in [9.17, 15) is 4.79 Å². The fourth-order valence-corrected chi connectivity index (χ4v) is 4.66. The Morgan fingerprint density at radius 3 is 2.44 bits per heavy atom. The van der Waals surface area contributed by atoms with Gasteiger partial charge in [0.15, 0.2) is 5.71 Å². The molecular formula is C22H15ClN6OS2. The number of benzene rings is 2. The monoisotopic (exact) mass is 478 g/mol. The first kappa shape index (κ1) is 20.5. The van der Waals surface area contributed by atoms with Gasteiger partial charge in [-0.05, 0) is 0 Å². The van der Waals surface area contributed by atoms with Crippen LogP contribution in [0, 0.1) is 0 Å². The number of anilines is 2. The number of rotatable bonds is 6. The van der Waals surface area contributed by atoms with Crippen molar-refractivity contribution in [3.63, 3.8) is 0 Å². The van der Waals surface area contributed by atoms with Crippen LogP contribution in [0.2, 0.25) is 0 Å². The van der Waals surface area contributed by atoms with Crippen LogP contribution in [0.5, 0.6) is 0 Å². The molecule has 0 atom stereocenters. The van der Waals surface area contributed by atoms with Crippen molar-refractivity contribution in [2.75, 3.05) is 10.4 Å². The lowest BCUT2D eigenvalue weighted by molar-refractivity contribution is -0.112. The molecule has 0 unspecified atom stereocenters. The van der Waals surface area contributed by atoms with Crippen LogP contribution >= 0.6 is 34.3 Å². The van der Waals surface area contributed by atoms with E-state index in [0.29, 0.717) is 21.9 Å². The van der Waals surface area contributed by atoms with Crippen LogP contribution in [0.25, 0.3) is 11.3 Å². The van der Waals surface area contributed by atoms with Crippen LogP contribution in [0.4, 0.5) is 10.3 Å². The summed E-state index contributed by atoms with van der Waals surface area (Å²) in [6, 6.07) is 19.3. The van der Waals surface area contributed by atoms with Gasteiger partial charge in [0, 0.05) is 27.6 Å². The highest BCUT2D eigenvalue weighted by atomic mass is 35.5. The van der Waals surface area contributed by atoms with E-state index in [1.807, 2.05) is 66.0 Å². The van der Waals surface area contributed by atoms with Crippen LogP contribution in [0.3, 0.4) is 0 Å². The number of hydrazone groups is 2. The minimum Gasteiger partial charge on any atom is -0.265 e. The fourth-order valence-electron chi connectivity index (χ4n) is 3.04. The zero-order chi connectivity index (χ0) is 21.9. The van der Waals surface area contributed by atoms with Crippen LogP contribution in [0.15, 0.2) is 82.4 Å². The Bertz CT molecular complexity index is 1320. The van der Waals surface area contributed by atoms with Gasteiger partial charge in [-0.15, -0.1) is 22.9 Å². The number of nitrogens with zero attached hydrogens (tertiary/aromatic N) is 5. The molecule has 0 bridgehead atoms. The molecule has 1 amide bonds. The van der Waals surface area contributed by atoms with Crippen LogP contribution in [-0.4, -0.2) is 27.3 Å². The Kier molecular flexibility index (Phi) is 5.76. The summed E-state index contributed by atoms with van der Waals surface area (Å²) in [5, 5.41) is 13.2. The summed E-state index contributed by atoms with van der Waals surface area (Å²) < 4.78 is 0. The van der Waals surface area contributed by atoms with Gasteiger partial charge in [0.05, 0.1) is 11.6 Å². The van der Waals surface area contributed by atoms with E-state index in [1.54, 1.807) is 6.20 Å². The molecule has 5 rings (SSSR count). The van der Waals surface area contributed by atoms with Gasteiger partial charge in [0.1, 0.15) is 5.71 Å². The molecule has 0 saturated heterocycles. The van der Waals surface area contributed by atoms with Gasteiger partial charge in [-0.25, -0.2) is 9.97 Å². The van der Waals surface area contributed by atoms with E-state index in [4.69, 9.17) is 11.6 Å². The molecule has 2 aromatic heterocycles. The van der Waals surface area contributed by atoms with Gasteiger partial charge in [-0.2, -0.15) is 15.2 Å². The first-order chi connectivity index (χ1) is 15.7. The topological polar surface area (TPSA) is 82.8 Å². The average Bonchev–Trinajstić information content (AvgIpc) is 3.58. The number of aromatic nitrogens is 2. The Morgan fingerprint density at radius 2 is 1.75 bits per heavy atom. The molecule has 1 N–H and O–H groups in total. The van der Waals surface area contributed by atoms with Gasteiger partial charge in [0.2, 0.25) is 10.3 Å². The first-order valence-corrected chi connectivity index (χ1v) is 11.8. The van der Waals surface area contributed by atoms with E-state index in [1.165, 1.54) is 27.7 Å². The van der Waals surface area contributed by atoms with Gasteiger partial charge in [-0.1, -0.05) is 72.0 Å². The number of halogens is 1. The Labute approximate surface area is 196 Å². The lowest BCUT2D eigenvalue weighted by Gasteiger charge is -2.06. The largest absolute Gasteiger partial charge is 0.303 e. The molecule has 3 heterocycles. The van der Waals surface area contributed by atoms with E-state index in [0.717, 1.165) is 21.7 Å². The molecule has 0 radical (unpaired) electrons. The predicted molar refractivity (Wildman–Crippen MR) is 131 cm³/mol. The molecule has 0 spiro atoms. The van der Waals surface area contributed by atoms with Crippen molar-refractivity contribution < 1.29 is 4.79 Å². The summed E-state index contributed by atoms with van der Waals surface area (Å²) >= 11 is 8.58. The number of carbonyl (C=O) groups excluding carboxylic acids is 1. The van der Waals surface area contributed by atoms with Crippen molar-refractivity contribution in [1.29, 1.82) is 0 Å². The summed E-state index contributed by atoms with van der Waals surface area (Å²) in [5.74, 6) is 0.00657. The lowest BCUT2D eigenvalue weighted by Crippen LogP contribution is -2.28. The molecule has 2 aromatic carbocycles. The molecule has 158 valence electrons. The molecule has 10 heteroatoms. The predicted octanol–water partition coefficient (Wildman–Crippen LogP) is 5.22. The Balaban J connectivity index is 1.49. The second-order valence-corrected chi connectivity index (χ2v) is 8.87. The summed E-state index contributed by atoms with van der Waals surface area (Å²) in [5.41, 5.74) is 6.07. The second kappa shape index (κ2) is 8.99. The number of amides is 1. The fraction of sp³-hybridized carbons (Fsp3) is 0.0455. The molecule has 0 saturated carbocycles. The van der Waals surface area contributed by atoms with Crippen molar-refractivity contribution in [1.82, 2.24) is 9.97 Å². The SMILES string of the molecule is O=C1/C(=N\Nc2ncc(CCl)s2)C(c2ccccc2)=NN1c1nc(-c2ccccc2)cs1. The van der Waals surface area contributed by atoms with Crippen LogP contribution in [-0.2, 0) is 10.7 Å². The second-order valence-electron chi connectivity index (χ2n) is 6.65. The molecule has 7 nitrogen and oxygen atoms in total. The third-order valence-electron chi connectivity index (χ3n) is 4.56. The van der Waals surface area contributed by atoms with Gasteiger partial charge in [0.25, 0.3) is 0 Å². The van der Waals surface area contributed by atoms with Gasteiger partial charge in [-0.3, -0.25) is 10.2 Å². The highest BCUT2D eigenvalue weighted by Gasteiger charge is 2.35. The van der Waals surface area contributed by atoms with Crippen molar-refractivity contribution in [3.05, 3.63) is 82.7 Å². The van der Waals surface area contributed by atoms with Crippen molar-refractivity contribution in [2.24, 2.45) is 10.2 Å². The number of carbonyl (C=O) groups is 1. The molecule has 0 fully saturated rings. The molecule has 4 aromatic rings. The Hall–Kier alpha value is -3.40. The van der Waals surface area contributed by atoms with E-state index >= 15 is 0 Å². The van der Waals surface area contributed by atoms with E-state index in [-0.39, 0.29) is 11.6 Å². The first-order valence-electron chi connectivity index (χ1n) is 9.57. The number of alkyl halides is 1. The molecular weight excluding hydrogens is 464 g/mol. The standard InChI is InChI=1S/C22H15ClN6OS2/c23-11-16-12-24-21(32-16)27-26-19-18(15-9-5-2-6-10-15)28-29(20(19)30)22-25-17(13-31-22)14-7-3-1-4-8-14/h1-10,12-13H,11H2,(H,24,27)/b26-19-.